The van der Waals surface area contributed by atoms with Gasteiger partial charge >= 0.3 is 6.18 Å². The summed E-state index contributed by atoms with van der Waals surface area (Å²) < 4.78 is 37.1. The highest BCUT2D eigenvalue weighted by atomic mass is 19.4. The van der Waals surface area contributed by atoms with E-state index < -0.39 is 12.1 Å². The highest BCUT2D eigenvalue weighted by Crippen LogP contribution is 2.41. The molecule has 0 heterocycles. The van der Waals surface area contributed by atoms with Crippen LogP contribution in [0.3, 0.4) is 0 Å². The predicted molar refractivity (Wildman–Crippen MR) is 51.0 cm³/mol. The van der Waals surface area contributed by atoms with Gasteiger partial charge in [-0.3, -0.25) is 0 Å². The van der Waals surface area contributed by atoms with Crippen LogP contribution >= 0.6 is 0 Å². The molecule has 1 aliphatic carbocycles. The summed E-state index contributed by atoms with van der Waals surface area (Å²) in [4.78, 5) is 0. The van der Waals surface area contributed by atoms with Crippen molar-refractivity contribution in [2.45, 2.75) is 52.1 Å². The molecule has 0 amide bonds. The van der Waals surface area contributed by atoms with E-state index in [-0.39, 0.29) is 0 Å². The monoisotopic (exact) mass is 208 g/mol. The Bertz CT molecular complexity index is 166. The third-order valence-electron chi connectivity index (χ3n) is 3.68. The van der Waals surface area contributed by atoms with Crippen LogP contribution in [-0.2, 0) is 0 Å². The summed E-state index contributed by atoms with van der Waals surface area (Å²) in [5.41, 5.74) is 0. The van der Waals surface area contributed by atoms with Crippen LogP contribution in [-0.4, -0.2) is 6.18 Å². The maximum Gasteiger partial charge on any atom is 0.391 e. The molecule has 1 atom stereocenters. The summed E-state index contributed by atoms with van der Waals surface area (Å²) in [6, 6.07) is 0. The second-order valence-electron chi connectivity index (χ2n) is 4.54. The Hall–Kier alpha value is -0.210. The molecule has 0 saturated heterocycles. The molecule has 3 heteroatoms. The summed E-state index contributed by atoms with van der Waals surface area (Å²) in [7, 11) is 0. The van der Waals surface area contributed by atoms with Gasteiger partial charge < -0.3 is 0 Å². The van der Waals surface area contributed by atoms with E-state index in [1.165, 1.54) is 0 Å². The summed E-state index contributed by atoms with van der Waals surface area (Å²) in [5, 5.41) is 0. The first-order chi connectivity index (χ1) is 6.45. The predicted octanol–water partition coefficient (Wildman–Crippen LogP) is 4.40. The Morgan fingerprint density at radius 2 is 1.64 bits per heavy atom. The zero-order chi connectivity index (χ0) is 10.8. The van der Waals surface area contributed by atoms with E-state index in [2.05, 4.69) is 13.8 Å². The number of hydrogen-bond acceptors (Lipinski definition) is 0. The third-order valence-corrected chi connectivity index (χ3v) is 3.68. The Balaban J connectivity index is 2.39. The molecule has 1 aliphatic rings. The van der Waals surface area contributed by atoms with Crippen molar-refractivity contribution in [2.75, 3.05) is 0 Å². The first kappa shape index (κ1) is 11.9. The van der Waals surface area contributed by atoms with Crippen LogP contribution in [0.15, 0.2) is 0 Å². The van der Waals surface area contributed by atoms with Gasteiger partial charge in [0.05, 0.1) is 5.92 Å². The fourth-order valence-electron chi connectivity index (χ4n) is 2.35. The average Bonchev–Trinajstić information content (AvgIpc) is 2.15. The van der Waals surface area contributed by atoms with Crippen molar-refractivity contribution >= 4 is 0 Å². The van der Waals surface area contributed by atoms with Gasteiger partial charge in [-0.1, -0.05) is 20.3 Å². The lowest BCUT2D eigenvalue weighted by Gasteiger charge is -2.32. The SMILES string of the molecule is CCC(C)[C@H]1CC[C@@H](C(F)(F)F)CC1. The third kappa shape index (κ3) is 2.89. The Morgan fingerprint density at radius 3 is 2.00 bits per heavy atom. The quantitative estimate of drug-likeness (QED) is 0.631. The molecule has 0 radical (unpaired) electrons. The Labute approximate surface area is 83.9 Å². The van der Waals surface area contributed by atoms with E-state index in [1.54, 1.807) is 0 Å². The zero-order valence-electron chi connectivity index (χ0n) is 8.90. The Kier molecular flexibility index (Phi) is 3.85. The maximum absolute atomic E-state index is 12.4. The molecule has 0 aromatic rings. The molecule has 0 aromatic heterocycles. The largest absolute Gasteiger partial charge is 0.391 e. The molecule has 0 aromatic carbocycles. The normalized spacial score (nSPS) is 31.5. The number of halogens is 3. The lowest BCUT2D eigenvalue weighted by atomic mass is 9.75. The molecule has 1 rings (SSSR count). The van der Waals surface area contributed by atoms with Crippen molar-refractivity contribution in [2.24, 2.45) is 17.8 Å². The second-order valence-corrected chi connectivity index (χ2v) is 4.54. The van der Waals surface area contributed by atoms with Crippen molar-refractivity contribution in [3.8, 4) is 0 Å². The minimum Gasteiger partial charge on any atom is -0.171 e. The van der Waals surface area contributed by atoms with Crippen molar-refractivity contribution in [1.29, 1.82) is 0 Å². The smallest absolute Gasteiger partial charge is 0.171 e. The van der Waals surface area contributed by atoms with Gasteiger partial charge in [-0.15, -0.1) is 0 Å². The lowest BCUT2D eigenvalue weighted by molar-refractivity contribution is -0.184. The van der Waals surface area contributed by atoms with Crippen LogP contribution in [0.1, 0.15) is 46.0 Å². The molecule has 1 saturated carbocycles. The summed E-state index contributed by atoms with van der Waals surface area (Å²) >= 11 is 0. The molecule has 0 aliphatic heterocycles. The van der Waals surface area contributed by atoms with Crippen LogP contribution in [0.5, 0.6) is 0 Å². The number of rotatable bonds is 2. The highest BCUT2D eigenvalue weighted by Gasteiger charge is 2.41. The molecule has 0 bridgehead atoms. The van der Waals surface area contributed by atoms with E-state index in [0.717, 1.165) is 19.3 Å². The van der Waals surface area contributed by atoms with E-state index in [4.69, 9.17) is 0 Å². The van der Waals surface area contributed by atoms with Crippen molar-refractivity contribution in [1.82, 2.24) is 0 Å². The van der Waals surface area contributed by atoms with Crippen molar-refractivity contribution < 1.29 is 13.2 Å². The summed E-state index contributed by atoms with van der Waals surface area (Å²) in [6.45, 7) is 4.26. The van der Waals surface area contributed by atoms with E-state index in [1.807, 2.05) is 0 Å². The number of alkyl halides is 3. The minimum absolute atomic E-state index is 0.346. The molecule has 84 valence electrons. The molecule has 1 unspecified atom stereocenters. The van der Waals surface area contributed by atoms with Crippen molar-refractivity contribution in [3.05, 3.63) is 0 Å². The van der Waals surface area contributed by atoms with Crippen LogP contribution in [0.4, 0.5) is 13.2 Å². The van der Waals surface area contributed by atoms with Gasteiger partial charge in [-0.2, -0.15) is 13.2 Å². The van der Waals surface area contributed by atoms with Gasteiger partial charge in [0.2, 0.25) is 0 Å². The molecular weight excluding hydrogens is 189 g/mol. The van der Waals surface area contributed by atoms with Crippen molar-refractivity contribution in [3.63, 3.8) is 0 Å². The molecule has 1 fully saturated rings. The first-order valence-electron chi connectivity index (χ1n) is 5.51. The topological polar surface area (TPSA) is 0 Å². The fraction of sp³-hybridized carbons (Fsp3) is 1.00. The van der Waals surface area contributed by atoms with Crippen LogP contribution in [0.2, 0.25) is 0 Å². The number of hydrogen-bond donors (Lipinski definition) is 0. The molecule has 14 heavy (non-hydrogen) atoms. The van der Waals surface area contributed by atoms with Gasteiger partial charge in [0.25, 0.3) is 0 Å². The van der Waals surface area contributed by atoms with Gasteiger partial charge in [0.1, 0.15) is 0 Å². The zero-order valence-corrected chi connectivity index (χ0v) is 8.90. The van der Waals surface area contributed by atoms with Crippen LogP contribution in [0.25, 0.3) is 0 Å². The van der Waals surface area contributed by atoms with Gasteiger partial charge in [0, 0.05) is 0 Å². The Morgan fingerprint density at radius 1 is 1.14 bits per heavy atom. The summed E-state index contributed by atoms with van der Waals surface area (Å²) in [6.07, 6.45) is -0.656. The van der Waals surface area contributed by atoms with Crippen LogP contribution < -0.4 is 0 Å². The first-order valence-corrected chi connectivity index (χ1v) is 5.51. The second kappa shape index (κ2) is 4.54. The highest BCUT2D eigenvalue weighted by molar-refractivity contribution is 4.79. The molecule has 0 spiro atoms. The molecular formula is C11H19F3. The van der Waals surface area contributed by atoms with Gasteiger partial charge in [0.15, 0.2) is 0 Å². The summed E-state index contributed by atoms with van der Waals surface area (Å²) in [5.74, 6) is 0.0885. The lowest BCUT2D eigenvalue weighted by Crippen LogP contribution is -2.29. The fourth-order valence-corrected chi connectivity index (χ4v) is 2.35. The van der Waals surface area contributed by atoms with Gasteiger partial charge in [-0.05, 0) is 37.5 Å². The molecule has 0 N–H and O–H groups in total. The minimum atomic E-state index is -3.96. The van der Waals surface area contributed by atoms with E-state index >= 15 is 0 Å². The van der Waals surface area contributed by atoms with E-state index in [9.17, 15) is 13.2 Å². The van der Waals surface area contributed by atoms with E-state index in [0.29, 0.717) is 24.7 Å². The standard InChI is InChI=1S/C11H19F3/c1-3-8(2)9-4-6-10(7-5-9)11(12,13)14/h8-10H,3-7H2,1-2H3/t8?,9-,10+. The molecule has 0 nitrogen and oxygen atoms in total. The average molecular weight is 208 g/mol. The van der Waals surface area contributed by atoms with Gasteiger partial charge in [-0.25, -0.2) is 0 Å². The maximum atomic E-state index is 12.4. The van der Waals surface area contributed by atoms with Crippen LogP contribution in [0, 0.1) is 17.8 Å².